The Bertz CT molecular complexity index is 1150. The first kappa shape index (κ1) is 19.3. The van der Waals surface area contributed by atoms with E-state index in [-0.39, 0.29) is 23.4 Å². The Balaban J connectivity index is 1.30. The number of carbonyl (C=O) groups is 1. The Morgan fingerprint density at radius 2 is 2.00 bits per heavy atom. The maximum absolute atomic E-state index is 12.8. The topological polar surface area (TPSA) is 90.9 Å². The fraction of sp³-hybridized carbons (Fsp3) is 0.350. The number of aromatic nitrogens is 3. The summed E-state index contributed by atoms with van der Waals surface area (Å²) < 4.78 is 38.5. The summed E-state index contributed by atoms with van der Waals surface area (Å²) in [6, 6.07) is 5.28. The van der Waals surface area contributed by atoms with Crippen molar-refractivity contribution in [3.8, 4) is 0 Å². The lowest BCUT2D eigenvalue weighted by Gasteiger charge is -2.27. The van der Waals surface area contributed by atoms with E-state index in [1.165, 1.54) is 6.07 Å². The molecule has 0 spiro atoms. The molecular weight excluding hydrogens is 421 g/mol. The number of alkyl halides is 3. The van der Waals surface area contributed by atoms with E-state index < -0.39 is 23.4 Å². The number of hydrogen-bond donors (Lipinski definition) is 3. The van der Waals surface area contributed by atoms with Crippen molar-refractivity contribution in [2.75, 3.05) is 0 Å². The number of fused-ring (bicyclic) bond motifs is 2. The van der Waals surface area contributed by atoms with Crippen molar-refractivity contribution in [2.24, 2.45) is 11.8 Å². The summed E-state index contributed by atoms with van der Waals surface area (Å²) in [6.45, 7) is 0. The molecule has 3 N–H and O–H groups in total. The van der Waals surface area contributed by atoms with Crippen molar-refractivity contribution in [3.63, 3.8) is 0 Å². The third-order valence-electron chi connectivity index (χ3n) is 6.11. The molecule has 3 aromatic rings. The number of hydrogen-bond acceptors (Lipinski definition) is 4. The van der Waals surface area contributed by atoms with Crippen LogP contribution in [-0.2, 0) is 11.8 Å². The van der Waals surface area contributed by atoms with E-state index in [1.807, 2.05) is 0 Å². The molecule has 2 aliphatic rings. The average molecular weight is 437 g/mol. The normalized spacial score (nSPS) is 27.8. The van der Waals surface area contributed by atoms with Gasteiger partial charge < -0.3 is 10.4 Å². The summed E-state index contributed by atoms with van der Waals surface area (Å²) in [6.07, 6.45) is -1.15. The predicted octanol–water partition coefficient (Wildman–Crippen LogP) is 3.66. The van der Waals surface area contributed by atoms with Crippen LogP contribution in [-0.4, -0.2) is 32.2 Å². The van der Waals surface area contributed by atoms with Crippen molar-refractivity contribution in [1.29, 1.82) is 0 Å². The number of H-pyrrole nitrogens is 1. The molecule has 156 valence electrons. The molecule has 6 nitrogen and oxygen atoms in total. The highest BCUT2D eigenvalue weighted by Gasteiger charge is 2.62. The van der Waals surface area contributed by atoms with Crippen molar-refractivity contribution in [3.05, 3.63) is 58.5 Å². The molecule has 0 bridgehead atoms. The highest BCUT2D eigenvalue weighted by Crippen LogP contribution is 2.60. The number of nitrogens with zero attached hydrogens (tertiary/aromatic N) is 2. The van der Waals surface area contributed by atoms with Crippen LogP contribution < -0.4 is 5.32 Å². The Morgan fingerprint density at radius 1 is 1.27 bits per heavy atom. The Labute approximate surface area is 173 Å². The second-order valence-electron chi connectivity index (χ2n) is 7.98. The number of aliphatic hydroxyl groups is 1. The third-order valence-corrected chi connectivity index (χ3v) is 6.33. The van der Waals surface area contributed by atoms with Crippen molar-refractivity contribution < 1.29 is 23.1 Å². The van der Waals surface area contributed by atoms with Gasteiger partial charge in [0, 0.05) is 28.2 Å². The minimum Gasteiger partial charge on any atom is -0.385 e. The molecule has 4 atom stereocenters. The van der Waals surface area contributed by atoms with Crippen molar-refractivity contribution in [2.45, 2.75) is 30.7 Å². The lowest BCUT2D eigenvalue weighted by atomic mass is 9.86. The number of rotatable bonds is 3. The van der Waals surface area contributed by atoms with Gasteiger partial charge in [-0.1, -0.05) is 11.6 Å². The first-order chi connectivity index (χ1) is 14.2. The number of pyridine rings is 1. The number of carbonyl (C=O) groups excluding carboxylic acids is 1. The van der Waals surface area contributed by atoms with Gasteiger partial charge in [-0.25, -0.2) is 0 Å². The van der Waals surface area contributed by atoms with E-state index in [9.17, 15) is 23.1 Å². The maximum atomic E-state index is 12.8. The number of nitrogens with one attached hydrogen (secondary N) is 2. The van der Waals surface area contributed by atoms with Crippen LogP contribution in [0.2, 0.25) is 5.02 Å². The van der Waals surface area contributed by atoms with Gasteiger partial charge in [-0.05, 0) is 54.5 Å². The van der Waals surface area contributed by atoms with Gasteiger partial charge in [-0.3, -0.25) is 14.9 Å². The Kier molecular flexibility index (Phi) is 4.14. The molecule has 10 heteroatoms. The zero-order valence-corrected chi connectivity index (χ0v) is 16.1. The van der Waals surface area contributed by atoms with E-state index in [0.717, 1.165) is 23.2 Å². The van der Waals surface area contributed by atoms with Crippen LogP contribution >= 0.6 is 11.6 Å². The molecular formula is C20H16ClF3N4O2. The number of amides is 1. The number of benzene rings is 1. The monoisotopic (exact) mass is 436 g/mol. The Morgan fingerprint density at radius 3 is 2.70 bits per heavy atom. The highest BCUT2D eigenvalue weighted by molar-refractivity contribution is 6.31. The molecule has 1 aromatic carbocycles. The minimum atomic E-state index is -4.61. The zero-order chi connectivity index (χ0) is 21.3. The van der Waals surface area contributed by atoms with E-state index in [1.54, 1.807) is 18.3 Å². The van der Waals surface area contributed by atoms with Crippen LogP contribution in [0.25, 0.3) is 10.9 Å². The SMILES string of the molecule is O=C(NC1[C@H]2C[C@](O)(c3cc(Cl)cc4[nH]ncc34)C[C@@H]12)c1ccnc(C(F)(F)F)c1. The molecule has 2 saturated carbocycles. The van der Waals surface area contributed by atoms with Crippen LogP contribution in [0.3, 0.4) is 0 Å². The van der Waals surface area contributed by atoms with Crippen LogP contribution in [0, 0.1) is 11.8 Å². The van der Waals surface area contributed by atoms with Gasteiger partial charge in [-0.2, -0.15) is 18.3 Å². The number of halogens is 4. The highest BCUT2D eigenvalue weighted by atomic mass is 35.5. The largest absolute Gasteiger partial charge is 0.433 e. The van der Waals surface area contributed by atoms with Crippen LogP contribution in [0.1, 0.15) is 34.5 Å². The van der Waals surface area contributed by atoms with E-state index in [4.69, 9.17) is 11.6 Å². The van der Waals surface area contributed by atoms with Crippen molar-refractivity contribution in [1.82, 2.24) is 20.5 Å². The first-order valence-electron chi connectivity index (χ1n) is 9.35. The molecule has 2 aliphatic carbocycles. The first-order valence-corrected chi connectivity index (χ1v) is 9.73. The second-order valence-corrected chi connectivity index (χ2v) is 8.42. The molecule has 0 radical (unpaired) electrons. The quantitative estimate of drug-likeness (QED) is 0.584. The van der Waals surface area contributed by atoms with Crippen LogP contribution in [0.5, 0.6) is 0 Å². The molecule has 2 heterocycles. The molecule has 30 heavy (non-hydrogen) atoms. The molecule has 5 rings (SSSR count). The summed E-state index contributed by atoms with van der Waals surface area (Å²) in [7, 11) is 0. The summed E-state index contributed by atoms with van der Waals surface area (Å²) in [5, 5.41) is 22.2. The molecule has 1 unspecified atom stereocenters. The smallest absolute Gasteiger partial charge is 0.385 e. The number of aromatic amines is 1. The standard InChI is InChI=1S/C20H16ClF3N4O2/c21-10-4-14(13-8-26-28-15(13)5-10)19(30)6-11-12(7-19)17(11)27-18(29)9-1-2-25-16(3-9)20(22,23)24/h1-5,8,11-12,17,30H,6-7H2,(H,26,28)(H,27,29)/t11-,12+,17?,19+. The van der Waals surface area contributed by atoms with Crippen molar-refractivity contribution >= 4 is 28.4 Å². The second kappa shape index (κ2) is 6.42. The van der Waals surface area contributed by atoms with E-state index >= 15 is 0 Å². The summed E-state index contributed by atoms with van der Waals surface area (Å²) in [4.78, 5) is 15.7. The average Bonchev–Trinajstić information content (AvgIpc) is 3.03. The molecule has 0 saturated heterocycles. The fourth-order valence-electron chi connectivity index (χ4n) is 4.66. The van der Waals surface area contributed by atoms with Gasteiger partial charge in [-0.15, -0.1) is 0 Å². The van der Waals surface area contributed by atoms with Gasteiger partial charge in [0.2, 0.25) is 0 Å². The summed E-state index contributed by atoms with van der Waals surface area (Å²) in [5.41, 5.74) is -0.864. The van der Waals surface area contributed by atoms with Crippen LogP contribution in [0.15, 0.2) is 36.7 Å². The van der Waals surface area contributed by atoms with Crippen LogP contribution in [0.4, 0.5) is 13.2 Å². The maximum Gasteiger partial charge on any atom is 0.433 e. The predicted molar refractivity (Wildman–Crippen MR) is 102 cm³/mol. The van der Waals surface area contributed by atoms with Gasteiger partial charge in [0.25, 0.3) is 5.91 Å². The van der Waals surface area contributed by atoms with Gasteiger partial charge in [0.1, 0.15) is 5.69 Å². The van der Waals surface area contributed by atoms with Gasteiger partial charge >= 0.3 is 6.18 Å². The molecule has 2 fully saturated rings. The Hall–Kier alpha value is -2.65. The summed E-state index contributed by atoms with van der Waals surface area (Å²) in [5.74, 6) is -0.488. The van der Waals surface area contributed by atoms with Gasteiger partial charge in [0.15, 0.2) is 0 Å². The lowest BCUT2D eigenvalue weighted by molar-refractivity contribution is -0.141. The third kappa shape index (κ3) is 3.13. The minimum absolute atomic E-state index is 0.0452. The van der Waals surface area contributed by atoms with E-state index in [0.29, 0.717) is 23.4 Å². The fourth-order valence-corrected chi connectivity index (χ4v) is 4.88. The molecule has 0 aliphatic heterocycles. The summed E-state index contributed by atoms with van der Waals surface area (Å²) >= 11 is 6.18. The van der Waals surface area contributed by atoms with Gasteiger partial charge in [0.05, 0.1) is 17.3 Å². The molecule has 1 amide bonds. The lowest BCUT2D eigenvalue weighted by Crippen LogP contribution is -2.33. The zero-order valence-electron chi connectivity index (χ0n) is 15.4. The van der Waals surface area contributed by atoms with E-state index in [2.05, 4.69) is 20.5 Å². The molecule has 2 aromatic heterocycles.